The molecule has 0 aliphatic heterocycles. The highest BCUT2D eigenvalue weighted by Gasteiger charge is 2.12. The van der Waals surface area contributed by atoms with Gasteiger partial charge in [0, 0.05) is 12.5 Å². The summed E-state index contributed by atoms with van der Waals surface area (Å²) in [5.41, 5.74) is 6.61. The second-order valence-corrected chi connectivity index (χ2v) is 5.33. The number of methoxy groups -OCH3 is 1. The third-order valence-electron chi connectivity index (χ3n) is 3.67. The maximum Gasteiger partial charge on any atom is 0.122 e. The van der Waals surface area contributed by atoms with E-state index in [0.717, 1.165) is 31.6 Å². The summed E-state index contributed by atoms with van der Waals surface area (Å²) < 4.78 is 5.39. The van der Waals surface area contributed by atoms with Gasteiger partial charge in [0.05, 0.1) is 12.9 Å². The Morgan fingerprint density at radius 1 is 1.35 bits per heavy atom. The number of amidine groups is 1. The number of nitrogens with two attached hydrogens (primary N) is 1. The first kappa shape index (κ1) is 16.5. The topological polar surface area (TPSA) is 62.3 Å². The van der Waals surface area contributed by atoms with E-state index in [1.165, 1.54) is 5.56 Å². The smallest absolute Gasteiger partial charge is 0.122 e. The van der Waals surface area contributed by atoms with Crippen LogP contribution in [0.15, 0.2) is 24.3 Å². The third-order valence-corrected chi connectivity index (χ3v) is 3.67. The number of rotatable bonds is 9. The first-order valence-corrected chi connectivity index (χ1v) is 7.19. The van der Waals surface area contributed by atoms with Crippen molar-refractivity contribution in [1.82, 2.24) is 4.90 Å². The van der Waals surface area contributed by atoms with E-state index in [1.54, 1.807) is 7.11 Å². The Balaban J connectivity index is 2.41. The van der Waals surface area contributed by atoms with Crippen LogP contribution >= 0.6 is 0 Å². The number of likely N-dealkylation sites (N-methyl/N-ethyl adjacent to an activating group) is 1. The van der Waals surface area contributed by atoms with Gasteiger partial charge in [-0.05, 0) is 51.4 Å². The molecule has 1 unspecified atom stereocenters. The standard InChI is InChI=1S/C16H27N3O/c1-13(19(2)11-7-6-10-16(17)18)12-14-8-4-5-9-15(14)20-3/h4-5,8-9,13H,6-7,10-12H2,1-3H3,(H3,17,18). The molecule has 0 heterocycles. The molecule has 0 bridgehead atoms. The average Bonchev–Trinajstić information content (AvgIpc) is 2.43. The molecule has 1 aromatic rings. The van der Waals surface area contributed by atoms with Crippen LogP contribution in [0.25, 0.3) is 0 Å². The van der Waals surface area contributed by atoms with E-state index in [2.05, 4.69) is 31.0 Å². The zero-order chi connectivity index (χ0) is 15.0. The van der Waals surface area contributed by atoms with E-state index in [1.807, 2.05) is 12.1 Å². The van der Waals surface area contributed by atoms with E-state index in [-0.39, 0.29) is 5.84 Å². The summed E-state index contributed by atoms with van der Waals surface area (Å²) in [6.07, 6.45) is 3.75. The summed E-state index contributed by atoms with van der Waals surface area (Å²) in [5.74, 6) is 1.25. The fourth-order valence-electron chi connectivity index (χ4n) is 2.24. The minimum absolute atomic E-state index is 0.287. The number of nitrogens with one attached hydrogen (secondary N) is 1. The van der Waals surface area contributed by atoms with Crippen LogP contribution in [0.4, 0.5) is 0 Å². The minimum atomic E-state index is 0.287. The van der Waals surface area contributed by atoms with Crippen LogP contribution in [0.1, 0.15) is 31.7 Å². The van der Waals surface area contributed by atoms with Gasteiger partial charge in [-0.15, -0.1) is 0 Å². The van der Waals surface area contributed by atoms with Gasteiger partial charge in [-0.25, -0.2) is 0 Å². The summed E-state index contributed by atoms with van der Waals surface area (Å²) in [4.78, 5) is 2.35. The van der Waals surface area contributed by atoms with Crippen molar-refractivity contribution in [3.8, 4) is 5.75 Å². The van der Waals surface area contributed by atoms with Gasteiger partial charge in [0.25, 0.3) is 0 Å². The Hall–Kier alpha value is -1.55. The molecule has 0 aliphatic carbocycles. The van der Waals surface area contributed by atoms with Crippen LogP contribution in [0.3, 0.4) is 0 Å². The monoisotopic (exact) mass is 277 g/mol. The molecule has 4 heteroatoms. The Labute approximate surface area is 122 Å². The molecule has 0 aromatic heterocycles. The van der Waals surface area contributed by atoms with Crippen LogP contribution < -0.4 is 10.5 Å². The molecule has 1 rings (SSSR count). The Bertz CT molecular complexity index is 420. The Kier molecular flexibility index (Phi) is 7.09. The van der Waals surface area contributed by atoms with Crippen molar-refractivity contribution in [2.24, 2.45) is 5.73 Å². The molecule has 3 N–H and O–H groups in total. The second-order valence-electron chi connectivity index (χ2n) is 5.33. The van der Waals surface area contributed by atoms with Gasteiger partial charge in [0.1, 0.15) is 5.75 Å². The number of nitrogens with zero attached hydrogens (tertiary/aromatic N) is 1. The molecule has 1 atom stereocenters. The zero-order valence-corrected chi connectivity index (χ0v) is 12.9. The third kappa shape index (κ3) is 5.61. The fourth-order valence-corrected chi connectivity index (χ4v) is 2.24. The van der Waals surface area contributed by atoms with Crippen LogP contribution in [-0.4, -0.2) is 37.5 Å². The normalized spacial score (nSPS) is 12.4. The van der Waals surface area contributed by atoms with E-state index < -0.39 is 0 Å². The maximum atomic E-state index is 7.21. The van der Waals surface area contributed by atoms with Crippen molar-refractivity contribution >= 4 is 5.84 Å². The SMILES string of the molecule is COc1ccccc1CC(C)N(C)CCCCC(=N)N. The lowest BCUT2D eigenvalue weighted by atomic mass is 10.0. The Morgan fingerprint density at radius 2 is 2.05 bits per heavy atom. The molecule has 112 valence electrons. The molecule has 0 saturated heterocycles. The lowest BCUT2D eigenvalue weighted by molar-refractivity contribution is 0.250. The summed E-state index contributed by atoms with van der Waals surface area (Å²) in [7, 11) is 3.86. The highest BCUT2D eigenvalue weighted by atomic mass is 16.5. The number of hydrogen-bond acceptors (Lipinski definition) is 3. The number of ether oxygens (including phenoxy) is 1. The van der Waals surface area contributed by atoms with Crippen molar-refractivity contribution in [2.45, 2.75) is 38.6 Å². The van der Waals surface area contributed by atoms with Gasteiger partial charge < -0.3 is 15.4 Å². The van der Waals surface area contributed by atoms with E-state index in [4.69, 9.17) is 15.9 Å². The van der Waals surface area contributed by atoms with Crippen molar-refractivity contribution in [3.63, 3.8) is 0 Å². The molecule has 1 aromatic carbocycles. The highest BCUT2D eigenvalue weighted by molar-refractivity contribution is 5.76. The van der Waals surface area contributed by atoms with Crippen molar-refractivity contribution in [1.29, 1.82) is 5.41 Å². The fraction of sp³-hybridized carbons (Fsp3) is 0.562. The summed E-state index contributed by atoms with van der Waals surface area (Å²) in [6.45, 7) is 3.26. The molecule has 0 saturated carbocycles. The molecule has 0 amide bonds. The molecule has 0 fully saturated rings. The quantitative estimate of drug-likeness (QED) is 0.414. The predicted molar refractivity (Wildman–Crippen MR) is 84.6 cm³/mol. The van der Waals surface area contributed by atoms with Crippen molar-refractivity contribution in [2.75, 3.05) is 20.7 Å². The first-order chi connectivity index (χ1) is 9.54. The van der Waals surface area contributed by atoms with E-state index >= 15 is 0 Å². The second kappa shape index (κ2) is 8.59. The number of para-hydroxylation sites is 1. The molecular formula is C16H27N3O. The van der Waals surface area contributed by atoms with E-state index in [9.17, 15) is 0 Å². The lowest BCUT2D eigenvalue weighted by Gasteiger charge is -2.25. The first-order valence-electron chi connectivity index (χ1n) is 7.19. The molecule has 0 aliphatic rings. The van der Waals surface area contributed by atoms with Gasteiger partial charge in [-0.3, -0.25) is 5.41 Å². The predicted octanol–water partition coefficient (Wildman–Crippen LogP) is 2.66. The van der Waals surface area contributed by atoms with Crippen LogP contribution in [0.5, 0.6) is 5.75 Å². The molecule has 0 spiro atoms. The van der Waals surface area contributed by atoms with Gasteiger partial charge in [0.2, 0.25) is 0 Å². The summed E-state index contributed by atoms with van der Waals surface area (Å²) in [6, 6.07) is 8.65. The van der Waals surface area contributed by atoms with Crippen LogP contribution in [0.2, 0.25) is 0 Å². The number of unbranched alkanes of at least 4 members (excludes halogenated alkanes) is 1. The van der Waals surface area contributed by atoms with Gasteiger partial charge in [0.15, 0.2) is 0 Å². The van der Waals surface area contributed by atoms with Gasteiger partial charge in [-0.1, -0.05) is 18.2 Å². The summed E-state index contributed by atoms with van der Waals surface area (Å²) >= 11 is 0. The van der Waals surface area contributed by atoms with Gasteiger partial charge in [-0.2, -0.15) is 0 Å². The maximum absolute atomic E-state index is 7.21. The molecule has 0 radical (unpaired) electrons. The Morgan fingerprint density at radius 3 is 2.70 bits per heavy atom. The summed E-state index contributed by atoms with van der Waals surface area (Å²) in [5, 5.41) is 7.21. The molecular weight excluding hydrogens is 250 g/mol. The molecule has 4 nitrogen and oxygen atoms in total. The highest BCUT2D eigenvalue weighted by Crippen LogP contribution is 2.20. The largest absolute Gasteiger partial charge is 0.496 e. The lowest BCUT2D eigenvalue weighted by Crippen LogP contribution is -2.32. The van der Waals surface area contributed by atoms with Crippen molar-refractivity contribution in [3.05, 3.63) is 29.8 Å². The average molecular weight is 277 g/mol. The van der Waals surface area contributed by atoms with Gasteiger partial charge >= 0.3 is 0 Å². The zero-order valence-electron chi connectivity index (χ0n) is 12.9. The molecule has 20 heavy (non-hydrogen) atoms. The minimum Gasteiger partial charge on any atom is -0.496 e. The van der Waals surface area contributed by atoms with Crippen LogP contribution in [0, 0.1) is 5.41 Å². The van der Waals surface area contributed by atoms with Crippen molar-refractivity contribution < 1.29 is 4.74 Å². The number of benzene rings is 1. The van der Waals surface area contributed by atoms with E-state index in [0.29, 0.717) is 12.5 Å². The van der Waals surface area contributed by atoms with Crippen LogP contribution in [-0.2, 0) is 6.42 Å². The number of hydrogen-bond donors (Lipinski definition) is 2.